The van der Waals surface area contributed by atoms with Gasteiger partial charge in [0.1, 0.15) is 11.3 Å². The summed E-state index contributed by atoms with van der Waals surface area (Å²) in [6.07, 6.45) is -18.0. The lowest BCUT2D eigenvalue weighted by atomic mass is 9.67. The molecule has 15 heteroatoms. The number of nitrogens with two attached hydrogens (primary N) is 2. The van der Waals surface area contributed by atoms with Gasteiger partial charge in [-0.1, -0.05) is 30.3 Å². The topological polar surface area (TPSA) is 136 Å². The number of hydrogen-bond donors (Lipinski definition) is 2. The monoisotopic (exact) mass is 676 g/mol. The molecule has 0 spiro atoms. The van der Waals surface area contributed by atoms with Crippen LogP contribution < -0.4 is 21.8 Å². The molecule has 260 valence electrons. The lowest BCUT2D eigenvalue weighted by Gasteiger charge is -2.42. The van der Waals surface area contributed by atoms with Crippen molar-refractivity contribution in [1.82, 2.24) is 0 Å². The number of carbonyl (C=O) groups is 1. The highest BCUT2D eigenvalue weighted by atomic mass is 19.3. The van der Waals surface area contributed by atoms with E-state index in [1.165, 1.54) is 39.0 Å². The second-order valence-corrected chi connectivity index (χ2v) is 12.7. The van der Waals surface area contributed by atoms with Crippen LogP contribution in [-0.2, 0) is 19.0 Å². The summed E-state index contributed by atoms with van der Waals surface area (Å²) in [5.74, 6) is -1.06. The fourth-order valence-corrected chi connectivity index (χ4v) is 4.65. The van der Waals surface area contributed by atoms with Gasteiger partial charge in [-0.25, -0.2) is 14.3 Å². The van der Waals surface area contributed by atoms with Gasteiger partial charge in [0.25, 0.3) is 0 Å². The summed E-state index contributed by atoms with van der Waals surface area (Å²) in [5, 5.41) is 0.494. The molecule has 2 aromatic carbocycles. The Kier molecular flexibility index (Phi) is 11.1. The number of ether oxygens (including phenoxy) is 4. The summed E-state index contributed by atoms with van der Waals surface area (Å²) in [7, 11) is 0. The summed E-state index contributed by atoms with van der Waals surface area (Å²) in [6, 6.07) is 14.4. The second-order valence-electron chi connectivity index (χ2n) is 12.7. The molecule has 1 heterocycles. The standard InChI is InChI=1S/C32H38F6N2O7/c1-27(2,39)19-29(5,28(3,4)40)26(42)44-16-14-31(35,36)47-32(37,38)46-30(33,34)13-15-43-22-12-11-21-17-23(20-9-7-6-8-10-20)25(41)45-24(21)18-22/h6-12,17-18H,13-16,19,39-40H2,1-5H3. The van der Waals surface area contributed by atoms with Crippen LogP contribution in [0, 0.1) is 5.41 Å². The lowest BCUT2D eigenvalue weighted by molar-refractivity contribution is -0.514. The van der Waals surface area contributed by atoms with Crippen molar-refractivity contribution in [3.8, 4) is 16.9 Å². The first-order valence-electron chi connectivity index (χ1n) is 14.5. The van der Waals surface area contributed by atoms with Crippen molar-refractivity contribution in [3.05, 3.63) is 65.0 Å². The molecule has 3 aromatic rings. The second kappa shape index (κ2) is 13.8. The molecule has 0 aliphatic carbocycles. The van der Waals surface area contributed by atoms with E-state index >= 15 is 0 Å². The number of alkyl halides is 6. The fraction of sp³-hybridized carbons (Fsp3) is 0.500. The SMILES string of the molecule is CC(C)(N)CC(C)(C(=O)OCCC(F)(F)OC(F)(F)OC(F)(F)CCOc1ccc2cc(-c3ccccc3)c(=O)oc2c1)C(C)(C)N. The van der Waals surface area contributed by atoms with Gasteiger partial charge in [-0.3, -0.25) is 4.79 Å². The number of carbonyl (C=O) groups excluding carboxylic acids is 1. The maximum absolute atomic E-state index is 14.2. The van der Waals surface area contributed by atoms with Gasteiger partial charge in [0.15, 0.2) is 0 Å². The molecule has 1 atom stereocenters. The van der Waals surface area contributed by atoms with Crippen molar-refractivity contribution in [2.45, 2.75) is 83.5 Å². The molecule has 0 bridgehead atoms. The molecule has 9 nitrogen and oxygen atoms in total. The first-order chi connectivity index (χ1) is 21.4. The third-order valence-electron chi connectivity index (χ3n) is 7.30. The van der Waals surface area contributed by atoms with Crippen LogP contribution in [0.2, 0.25) is 0 Å². The fourth-order valence-electron chi connectivity index (χ4n) is 4.65. The summed E-state index contributed by atoms with van der Waals surface area (Å²) >= 11 is 0. The summed E-state index contributed by atoms with van der Waals surface area (Å²) in [6.45, 7) is 5.65. The van der Waals surface area contributed by atoms with Crippen LogP contribution in [0.25, 0.3) is 22.1 Å². The lowest BCUT2D eigenvalue weighted by Crippen LogP contribution is -2.58. The minimum atomic E-state index is -5.45. The molecule has 0 amide bonds. The largest absolute Gasteiger partial charge is 0.494 e. The molecule has 0 aliphatic rings. The molecular weight excluding hydrogens is 638 g/mol. The van der Waals surface area contributed by atoms with Crippen molar-refractivity contribution in [2.75, 3.05) is 13.2 Å². The van der Waals surface area contributed by atoms with Gasteiger partial charge in [0, 0.05) is 22.5 Å². The van der Waals surface area contributed by atoms with E-state index in [0.29, 0.717) is 16.5 Å². The van der Waals surface area contributed by atoms with Gasteiger partial charge >= 0.3 is 30.1 Å². The molecule has 0 saturated carbocycles. The van der Waals surface area contributed by atoms with Crippen LogP contribution in [0.5, 0.6) is 5.75 Å². The number of halogens is 6. The predicted octanol–water partition coefficient (Wildman–Crippen LogP) is 6.80. The van der Waals surface area contributed by atoms with Crippen LogP contribution in [0.1, 0.15) is 53.9 Å². The van der Waals surface area contributed by atoms with E-state index in [0.717, 1.165) is 0 Å². The Hall–Kier alpha value is -3.66. The molecule has 0 aliphatic heterocycles. The Morgan fingerprint density at radius 2 is 1.38 bits per heavy atom. The highest BCUT2D eigenvalue weighted by Crippen LogP contribution is 2.39. The Balaban J connectivity index is 1.54. The van der Waals surface area contributed by atoms with Crippen LogP contribution in [0.3, 0.4) is 0 Å². The van der Waals surface area contributed by atoms with Crippen molar-refractivity contribution < 1.29 is 54.5 Å². The highest BCUT2D eigenvalue weighted by Gasteiger charge is 2.53. The number of benzene rings is 2. The Morgan fingerprint density at radius 3 is 1.94 bits per heavy atom. The molecule has 1 aromatic heterocycles. The Labute approximate surface area is 267 Å². The minimum Gasteiger partial charge on any atom is -0.493 e. The van der Waals surface area contributed by atoms with E-state index in [-0.39, 0.29) is 17.8 Å². The average molecular weight is 677 g/mol. The zero-order chi connectivity index (χ0) is 35.5. The number of fused-ring (bicyclic) bond motifs is 1. The molecule has 0 saturated heterocycles. The van der Waals surface area contributed by atoms with Crippen LogP contribution in [0.4, 0.5) is 26.3 Å². The summed E-state index contributed by atoms with van der Waals surface area (Å²) < 4.78 is 107. The van der Waals surface area contributed by atoms with Gasteiger partial charge in [-0.05, 0) is 64.8 Å². The Morgan fingerprint density at radius 1 is 0.809 bits per heavy atom. The van der Waals surface area contributed by atoms with E-state index in [1.54, 1.807) is 50.2 Å². The maximum Gasteiger partial charge on any atom is 0.494 e. The first-order valence-corrected chi connectivity index (χ1v) is 14.5. The van der Waals surface area contributed by atoms with E-state index in [4.69, 9.17) is 25.4 Å². The number of esters is 1. The van der Waals surface area contributed by atoms with Gasteiger partial charge in [0.05, 0.1) is 37.0 Å². The van der Waals surface area contributed by atoms with Crippen molar-refractivity contribution in [1.29, 1.82) is 0 Å². The molecule has 4 N–H and O–H groups in total. The Bertz CT molecular complexity index is 1590. The minimum absolute atomic E-state index is 0.00714. The van der Waals surface area contributed by atoms with Crippen LogP contribution in [-0.4, -0.2) is 48.8 Å². The third kappa shape index (κ3) is 10.7. The van der Waals surface area contributed by atoms with Crippen LogP contribution >= 0.6 is 0 Å². The van der Waals surface area contributed by atoms with Crippen LogP contribution in [0.15, 0.2) is 63.8 Å². The maximum atomic E-state index is 14.2. The first kappa shape index (κ1) is 37.8. The summed E-state index contributed by atoms with van der Waals surface area (Å²) in [4.78, 5) is 25.2. The summed E-state index contributed by atoms with van der Waals surface area (Å²) in [5.41, 5.74) is 8.84. The number of rotatable bonds is 16. The molecule has 0 radical (unpaired) electrons. The van der Waals surface area contributed by atoms with Gasteiger partial charge in [-0.2, -0.15) is 17.6 Å². The van der Waals surface area contributed by atoms with Crippen molar-refractivity contribution >= 4 is 16.9 Å². The molecule has 47 heavy (non-hydrogen) atoms. The normalized spacial score (nSPS) is 14.6. The molecule has 3 rings (SSSR count). The highest BCUT2D eigenvalue weighted by molar-refractivity contribution is 5.82. The smallest absolute Gasteiger partial charge is 0.493 e. The van der Waals surface area contributed by atoms with E-state index in [9.17, 15) is 35.9 Å². The van der Waals surface area contributed by atoms with E-state index in [2.05, 4.69) is 9.47 Å². The predicted molar refractivity (Wildman–Crippen MR) is 160 cm³/mol. The molecule has 1 unspecified atom stereocenters. The van der Waals surface area contributed by atoms with Crippen molar-refractivity contribution in [2.24, 2.45) is 16.9 Å². The zero-order valence-corrected chi connectivity index (χ0v) is 26.5. The van der Waals surface area contributed by atoms with E-state index in [1.807, 2.05) is 0 Å². The molecular formula is C32H38F6N2O7. The van der Waals surface area contributed by atoms with Crippen molar-refractivity contribution in [3.63, 3.8) is 0 Å². The zero-order valence-electron chi connectivity index (χ0n) is 26.5. The van der Waals surface area contributed by atoms with Gasteiger partial charge < -0.3 is 25.4 Å². The van der Waals surface area contributed by atoms with Gasteiger partial charge in [0.2, 0.25) is 0 Å². The molecule has 0 fully saturated rings. The average Bonchev–Trinajstić information content (AvgIpc) is 2.90. The van der Waals surface area contributed by atoms with Gasteiger partial charge in [-0.15, -0.1) is 8.78 Å². The van der Waals surface area contributed by atoms with E-state index < -0.39 is 72.7 Å². The quantitative estimate of drug-likeness (QED) is 0.0727. The number of hydrogen-bond acceptors (Lipinski definition) is 9. The third-order valence-corrected chi connectivity index (χ3v) is 7.30.